The van der Waals surface area contributed by atoms with Crippen molar-refractivity contribution in [2.75, 3.05) is 5.32 Å². The third-order valence-electron chi connectivity index (χ3n) is 4.62. The van der Waals surface area contributed by atoms with Crippen LogP contribution in [0.3, 0.4) is 0 Å². The minimum atomic E-state index is -0.254. The minimum Gasteiger partial charge on any atom is -0.320 e. The summed E-state index contributed by atoms with van der Waals surface area (Å²) in [7, 11) is 0. The Hall–Kier alpha value is -2.88. The van der Waals surface area contributed by atoms with E-state index in [0.717, 1.165) is 35.0 Å². The Bertz CT molecular complexity index is 1020. The van der Waals surface area contributed by atoms with E-state index in [2.05, 4.69) is 12.2 Å². The van der Waals surface area contributed by atoms with Crippen LogP contribution in [-0.2, 0) is 6.54 Å². The van der Waals surface area contributed by atoms with Crippen LogP contribution in [0.25, 0.3) is 10.8 Å². The largest absolute Gasteiger partial charge is 0.320 e. The first-order valence-corrected chi connectivity index (χ1v) is 9.02. The number of hydrogen-bond acceptors (Lipinski definition) is 2. The number of carbonyl (C=O) groups excluding carboxylic acids is 1. The number of carbonyl (C=O) groups is 1. The molecule has 3 rings (SSSR count). The van der Waals surface area contributed by atoms with Gasteiger partial charge in [0.25, 0.3) is 11.5 Å². The summed E-state index contributed by atoms with van der Waals surface area (Å²) >= 11 is 0. The van der Waals surface area contributed by atoms with Gasteiger partial charge in [-0.15, -0.1) is 0 Å². The zero-order valence-electron chi connectivity index (χ0n) is 15.5. The van der Waals surface area contributed by atoms with Crippen LogP contribution in [0.2, 0.25) is 0 Å². The molecule has 0 bridgehead atoms. The molecule has 1 heterocycles. The molecule has 4 nitrogen and oxygen atoms in total. The molecule has 0 saturated carbocycles. The van der Waals surface area contributed by atoms with Crippen LogP contribution in [0.1, 0.15) is 41.4 Å². The van der Waals surface area contributed by atoms with Gasteiger partial charge in [0.1, 0.15) is 5.69 Å². The fraction of sp³-hybridized carbons (Fsp3) is 0.273. The van der Waals surface area contributed by atoms with Crippen molar-refractivity contribution < 1.29 is 4.79 Å². The third-order valence-corrected chi connectivity index (χ3v) is 4.62. The number of pyridine rings is 1. The number of benzene rings is 2. The molecule has 0 fully saturated rings. The molecule has 3 aromatic rings. The Balaban J connectivity index is 2.06. The van der Waals surface area contributed by atoms with Gasteiger partial charge in [0, 0.05) is 17.6 Å². The predicted octanol–water partition coefficient (Wildman–Crippen LogP) is 4.67. The van der Waals surface area contributed by atoms with Crippen LogP contribution in [0.4, 0.5) is 5.69 Å². The smallest absolute Gasteiger partial charge is 0.272 e. The molecule has 1 N–H and O–H groups in total. The highest BCUT2D eigenvalue weighted by Crippen LogP contribution is 2.18. The molecule has 0 unspecified atom stereocenters. The van der Waals surface area contributed by atoms with E-state index in [1.165, 1.54) is 0 Å². The predicted molar refractivity (Wildman–Crippen MR) is 107 cm³/mol. The zero-order valence-corrected chi connectivity index (χ0v) is 15.5. The number of fused-ring (bicyclic) bond motifs is 1. The topological polar surface area (TPSA) is 51.1 Å². The fourth-order valence-corrected chi connectivity index (χ4v) is 3.16. The van der Waals surface area contributed by atoms with E-state index in [-0.39, 0.29) is 11.5 Å². The first-order chi connectivity index (χ1) is 12.5. The number of anilines is 1. The number of rotatable bonds is 5. The summed E-state index contributed by atoms with van der Waals surface area (Å²) in [6.07, 6.45) is 1.81. The Morgan fingerprint density at radius 2 is 1.85 bits per heavy atom. The van der Waals surface area contributed by atoms with E-state index in [4.69, 9.17) is 0 Å². The molecule has 1 amide bonds. The average molecular weight is 348 g/mol. The molecule has 4 heteroatoms. The third kappa shape index (κ3) is 3.54. The summed E-state index contributed by atoms with van der Waals surface area (Å²) in [5.41, 5.74) is 3.21. The van der Waals surface area contributed by atoms with Crippen molar-refractivity contribution in [2.24, 2.45) is 0 Å². The highest BCUT2D eigenvalue weighted by Gasteiger charge is 2.16. The maximum Gasteiger partial charge on any atom is 0.272 e. The maximum atomic E-state index is 13.0. The van der Waals surface area contributed by atoms with Crippen LogP contribution in [0.15, 0.2) is 53.3 Å². The highest BCUT2D eigenvalue weighted by atomic mass is 16.2. The van der Waals surface area contributed by atoms with E-state index < -0.39 is 0 Å². The van der Waals surface area contributed by atoms with Gasteiger partial charge in [-0.05, 0) is 49.4 Å². The molecule has 0 aliphatic rings. The number of hydrogen-bond donors (Lipinski definition) is 1. The summed E-state index contributed by atoms with van der Waals surface area (Å²) in [6.45, 7) is 6.59. The molecular formula is C22H24N2O2. The molecule has 0 aliphatic heterocycles. The molecule has 134 valence electrons. The molecule has 0 aliphatic carbocycles. The number of unbranched alkanes of at least 4 members (excludes halogenated alkanes) is 1. The normalized spacial score (nSPS) is 10.9. The lowest BCUT2D eigenvalue weighted by molar-refractivity contribution is 0.101. The Labute approximate surface area is 153 Å². The standard InChI is InChI=1S/C22H24N2O2/c1-4-5-12-24-20(14-17-8-6-7-9-18(17)22(24)26)21(25)23-19-11-10-15(2)13-16(19)3/h6-11,13-14H,4-5,12H2,1-3H3,(H,23,25). The van der Waals surface area contributed by atoms with Crippen molar-refractivity contribution >= 4 is 22.4 Å². The quantitative estimate of drug-likeness (QED) is 0.728. The highest BCUT2D eigenvalue weighted by molar-refractivity contribution is 6.05. The van der Waals surface area contributed by atoms with Crippen LogP contribution in [0.5, 0.6) is 0 Å². The van der Waals surface area contributed by atoms with Crippen molar-refractivity contribution in [3.05, 3.63) is 75.7 Å². The van der Waals surface area contributed by atoms with E-state index in [1.54, 1.807) is 4.57 Å². The Morgan fingerprint density at radius 1 is 1.08 bits per heavy atom. The second kappa shape index (κ2) is 7.56. The molecule has 2 aromatic carbocycles. The first kappa shape index (κ1) is 17.9. The second-order valence-corrected chi connectivity index (χ2v) is 6.70. The van der Waals surface area contributed by atoms with Crippen LogP contribution >= 0.6 is 0 Å². The van der Waals surface area contributed by atoms with E-state index in [0.29, 0.717) is 17.6 Å². The van der Waals surface area contributed by atoms with Gasteiger partial charge < -0.3 is 9.88 Å². The van der Waals surface area contributed by atoms with Crippen molar-refractivity contribution in [1.29, 1.82) is 0 Å². The van der Waals surface area contributed by atoms with Crippen molar-refractivity contribution in [3.8, 4) is 0 Å². The Morgan fingerprint density at radius 3 is 2.58 bits per heavy atom. The number of nitrogens with zero attached hydrogens (tertiary/aromatic N) is 1. The van der Waals surface area contributed by atoms with Crippen molar-refractivity contribution in [3.63, 3.8) is 0 Å². The molecule has 0 atom stereocenters. The van der Waals surface area contributed by atoms with Crippen LogP contribution < -0.4 is 10.9 Å². The molecular weight excluding hydrogens is 324 g/mol. The molecule has 1 aromatic heterocycles. The van der Waals surface area contributed by atoms with E-state index in [1.807, 2.05) is 62.4 Å². The molecule has 0 radical (unpaired) electrons. The molecule has 0 spiro atoms. The lowest BCUT2D eigenvalue weighted by Crippen LogP contribution is -2.29. The van der Waals surface area contributed by atoms with Crippen molar-refractivity contribution in [1.82, 2.24) is 4.57 Å². The number of aromatic nitrogens is 1. The van der Waals surface area contributed by atoms with Crippen molar-refractivity contribution in [2.45, 2.75) is 40.2 Å². The lowest BCUT2D eigenvalue weighted by Gasteiger charge is -2.15. The van der Waals surface area contributed by atoms with E-state index in [9.17, 15) is 9.59 Å². The monoisotopic (exact) mass is 348 g/mol. The van der Waals surface area contributed by atoms with Gasteiger partial charge >= 0.3 is 0 Å². The lowest BCUT2D eigenvalue weighted by atomic mass is 10.1. The Kier molecular flexibility index (Phi) is 5.21. The molecule has 26 heavy (non-hydrogen) atoms. The SMILES string of the molecule is CCCCn1c(C(=O)Nc2ccc(C)cc2C)cc2ccccc2c1=O. The zero-order chi connectivity index (χ0) is 18.7. The summed E-state index contributed by atoms with van der Waals surface area (Å²) < 4.78 is 1.60. The van der Waals surface area contributed by atoms with Gasteiger partial charge in [-0.2, -0.15) is 0 Å². The van der Waals surface area contributed by atoms with Gasteiger partial charge in [0.2, 0.25) is 0 Å². The van der Waals surface area contributed by atoms with Crippen LogP contribution in [0, 0.1) is 13.8 Å². The molecule has 0 saturated heterocycles. The fourth-order valence-electron chi connectivity index (χ4n) is 3.16. The summed E-state index contributed by atoms with van der Waals surface area (Å²) in [5.74, 6) is -0.254. The van der Waals surface area contributed by atoms with Gasteiger partial charge in [0.15, 0.2) is 0 Å². The number of nitrogens with one attached hydrogen (secondary N) is 1. The number of amides is 1. The minimum absolute atomic E-state index is 0.109. The number of aryl methyl sites for hydroxylation is 2. The van der Waals surface area contributed by atoms with Gasteiger partial charge in [0.05, 0.1) is 0 Å². The summed E-state index contributed by atoms with van der Waals surface area (Å²) in [6, 6.07) is 15.1. The van der Waals surface area contributed by atoms with Crippen LogP contribution in [-0.4, -0.2) is 10.5 Å². The summed E-state index contributed by atoms with van der Waals surface area (Å²) in [5, 5.41) is 4.40. The summed E-state index contributed by atoms with van der Waals surface area (Å²) in [4.78, 5) is 25.9. The first-order valence-electron chi connectivity index (χ1n) is 9.02. The van der Waals surface area contributed by atoms with Gasteiger partial charge in [-0.25, -0.2) is 0 Å². The second-order valence-electron chi connectivity index (χ2n) is 6.70. The van der Waals surface area contributed by atoms with E-state index >= 15 is 0 Å². The maximum absolute atomic E-state index is 13.0. The van der Waals surface area contributed by atoms with Gasteiger partial charge in [-0.3, -0.25) is 9.59 Å². The average Bonchev–Trinajstić information content (AvgIpc) is 2.63. The van der Waals surface area contributed by atoms with Gasteiger partial charge in [-0.1, -0.05) is 49.2 Å².